The van der Waals surface area contributed by atoms with Gasteiger partial charge in [0.15, 0.2) is 5.82 Å². The smallest absolute Gasteiger partial charge is 0.417 e. The summed E-state index contributed by atoms with van der Waals surface area (Å²) in [6.07, 6.45) is -2.47. The van der Waals surface area contributed by atoms with Crippen LogP contribution in [0.25, 0.3) is 0 Å². The van der Waals surface area contributed by atoms with Gasteiger partial charge in [0, 0.05) is 39.9 Å². The van der Waals surface area contributed by atoms with Gasteiger partial charge < -0.3 is 14.6 Å². The van der Waals surface area contributed by atoms with Crippen molar-refractivity contribution < 1.29 is 46.9 Å². The van der Waals surface area contributed by atoms with E-state index < -0.39 is 81.2 Å². The molecule has 2 aliphatic carbocycles. The maximum atomic E-state index is 15.5. The van der Waals surface area contributed by atoms with Gasteiger partial charge in [-0.05, 0) is 67.1 Å². The SMILES string of the molecule is COc1cc(O)cc(OC)c1[C@H]1C2=CC[C@@H]3C(=O)N(c4ccc(C)c(Cl)c4)C(=O)[C@@H]3[C@@H]2C[C@H]2C(=O)N(Nc3ncc(C(F)(F)F)cc3Cl)C(=O)[C@@]12c1ccc(Cl)cc1. The molecule has 1 aromatic heterocycles. The summed E-state index contributed by atoms with van der Waals surface area (Å²) >= 11 is 19.1. The number of anilines is 2. The van der Waals surface area contributed by atoms with Crippen LogP contribution in [0.3, 0.4) is 0 Å². The maximum absolute atomic E-state index is 15.5. The summed E-state index contributed by atoms with van der Waals surface area (Å²) in [5.41, 5.74) is 1.72. The average Bonchev–Trinajstić information content (AvgIpc) is 3.56. The fourth-order valence-electron chi connectivity index (χ4n) is 9.28. The number of pyridine rings is 1. The van der Waals surface area contributed by atoms with Crippen LogP contribution < -0.4 is 19.8 Å². The van der Waals surface area contributed by atoms with Gasteiger partial charge >= 0.3 is 6.18 Å². The highest BCUT2D eigenvalue weighted by Gasteiger charge is 2.71. The van der Waals surface area contributed by atoms with E-state index in [-0.39, 0.29) is 41.3 Å². The molecule has 58 heavy (non-hydrogen) atoms. The number of phenolic OH excluding ortho intramolecular Hbond substituents is 1. The number of aromatic nitrogens is 1. The normalized spacial score (nSPS) is 25.3. The standard InChI is InChI=1S/C41H32Cl3F3N4O7/c1-18-4-9-22(13-28(18)43)50-36(53)25-11-10-24-26(32(25)38(50)55)16-27-37(54)51(49-35-29(44)12-20(17-48-35)41(45,46)47)39(56)40(27,19-5-7-21(42)8-6-19)34(24)33-30(57-2)14-23(52)15-31(33)58-3/h4-10,12-15,17,25-27,32,34,52H,11,16H2,1-3H3,(H,48,49)/t25-,26+,27-,32-,34+,40+/m0/s1. The van der Waals surface area contributed by atoms with E-state index in [1.165, 1.54) is 26.4 Å². The molecule has 4 aliphatic rings. The second kappa shape index (κ2) is 14.2. The van der Waals surface area contributed by atoms with E-state index in [1.54, 1.807) is 49.4 Å². The number of aromatic hydroxyl groups is 1. The second-order valence-corrected chi connectivity index (χ2v) is 15.9. The number of amides is 4. The number of hydrazine groups is 1. The van der Waals surface area contributed by atoms with Crippen LogP contribution in [0.5, 0.6) is 17.2 Å². The number of alkyl halides is 3. The number of hydrogen-bond acceptors (Lipinski definition) is 9. The highest BCUT2D eigenvalue weighted by molar-refractivity contribution is 6.33. The van der Waals surface area contributed by atoms with Crippen LogP contribution in [0, 0.1) is 30.6 Å². The molecule has 300 valence electrons. The zero-order valence-electron chi connectivity index (χ0n) is 30.7. The van der Waals surface area contributed by atoms with Crippen LogP contribution in [0.4, 0.5) is 24.7 Å². The lowest BCUT2D eigenvalue weighted by molar-refractivity contribution is -0.139. The van der Waals surface area contributed by atoms with Gasteiger partial charge in [-0.3, -0.25) is 24.6 Å². The minimum Gasteiger partial charge on any atom is -0.508 e. The number of phenols is 1. The number of allylic oxidation sites excluding steroid dienone is 2. The molecule has 2 N–H and O–H groups in total. The average molecular weight is 856 g/mol. The summed E-state index contributed by atoms with van der Waals surface area (Å²) in [6.45, 7) is 1.79. The predicted octanol–water partition coefficient (Wildman–Crippen LogP) is 8.28. The van der Waals surface area contributed by atoms with Crippen LogP contribution in [-0.4, -0.2) is 52.9 Å². The number of nitrogens with zero attached hydrogens (tertiary/aromatic N) is 3. The van der Waals surface area contributed by atoms with Gasteiger partial charge in [-0.25, -0.2) is 9.88 Å². The molecule has 8 rings (SSSR count). The molecule has 3 fully saturated rings. The molecule has 17 heteroatoms. The van der Waals surface area contributed by atoms with E-state index in [2.05, 4.69) is 10.4 Å². The van der Waals surface area contributed by atoms with Crippen molar-refractivity contribution in [2.75, 3.05) is 24.5 Å². The number of benzene rings is 3. The van der Waals surface area contributed by atoms with Crippen molar-refractivity contribution >= 4 is 69.9 Å². The molecule has 11 nitrogen and oxygen atoms in total. The van der Waals surface area contributed by atoms with Crippen LogP contribution in [0.15, 0.2) is 78.5 Å². The van der Waals surface area contributed by atoms with E-state index in [0.717, 1.165) is 10.5 Å². The quantitative estimate of drug-likeness (QED) is 0.139. The predicted molar refractivity (Wildman–Crippen MR) is 207 cm³/mol. The Kier molecular flexibility index (Phi) is 9.68. The summed E-state index contributed by atoms with van der Waals surface area (Å²) in [7, 11) is 2.71. The first-order valence-corrected chi connectivity index (χ1v) is 19.1. The number of imide groups is 2. The Labute approximate surface area is 344 Å². The molecule has 2 aliphatic heterocycles. The summed E-state index contributed by atoms with van der Waals surface area (Å²) in [5, 5.41) is 11.6. The van der Waals surface area contributed by atoms with Gasteiger partial charge in [0.05, 0.1) is 53.7 Å². The molecule has 0 radical (unpaired) electrons. The van der Waals surface area contributed by atoms with Crippen LogP contribution in [0.1, 0.15) is 41.0 Å². The molecule has 3 aromatic carbocycles. The summed E-state index contributed by atoms with van der Waals surface area (Å²) in [5.74, 6) is -8.16. The zero-order valence-corrected chi connectivity index (χ0v) is 33.0. The maximum Gasteiger partial charge on any atom is 0.417 e. The fourth-order valence-corrected chi connectivity index (χ4v) is 9.79. The Hall–Kier alpha value is -5.31. The van der Waals surface area contributed by atoms with Crippen LogP contribution in [-0.2, 0) is 30.8 Å². The van der Waals surface area contributed by atoms with E-state index in [1.807, 2.05) is 6.08 Å². The first-order chi connectivity index (χ1) is 27.5. The van der Waals surface area contributed by atoms with Crippen molar-refractivity contribution in [3.8, 4) is 17.2 Å². The summed E-state index contributed by atoms with van der Waals surface area (Å²) in [6, 6.07) is 14.4. The fraction of sp³-hybridized carbons (Fsp3) is 0.293. The van der Waals surface area contributed by atoms with Crippen LogP contribution >= 0.6 is 34.8 Å². The summed E-state index contributed by atoms with van der Waals surface area (Å²) < 4.78 is 52.3. The first-order valence-electron chi connectivity index (χ1n) is 18.0. The Morgan fingerprint density at radius 1 is 0.879 bits per heavy atom. The molecule has 0 unspecified atom stereocenters. The minimum atomic E-state index is -4.78. The molecular formula is C41H32Cl3F3N4O7. The molecule has 1 saturated carbocycles. The number of methoxy groups -OCH3 is 2. The molecule has 6 atom stereocenters. The van der Waals surface area contributed by atoms with E-state index in [4.69, 9.17) is 44.3 Å². The number of fused-ring (bicyclic) bond motifs is 4. The van der Waals surface area contributed by atoms with Crippen molar-refractivity contribution in [2.24, 2.45) is 23.7 Å². The van der Waals surface area contributed by atoms with E-state index in [0.29, 0.717) is 38.5 Å². The second-order valence-electron chi connectivity index (χ2n) is 14.6. The lowest BCUT2D eigenvalue weighted by Crippen LogP contribution is -2.53. The van der Waals surface area contributed by atoms with Crippen molar-refractivity contribution in [2.45, 2.75) is 37.3 Å². The van der Waals surface area contributed by atoms with Crippen molar-refractivity contribution in [1.29, 1.82) is 0 Å². The minimum absolute atomic E-state index is 0.0847. The Morgan fingerprint density at radius 3 is 2.16 bits per heavy atom. The number of carbonyl (C=O) groups is 4. The molecule has 4 amide bonds. The monoisotopic (exact) mass is 854 g/mol. The zero-order chi connectivity index (χ0) is 41.6. The Balaban J connectivity index is 1.35. The molecule has 0 bridgehead atoms. The molecule has 3 heterocycles. The van der Waals surface area contributed by atoms with Gasteiger partial charge in [0.2, 0.25) is 11.8 Å². The lowest BCUT2D eigenvalue weighted by atomic mass is 9.49. The highest BCUT2D eigenvalue weighted by Crippen LogP contribution is 2.66. The highest BCUT2D eigenvalue weighted by atomic mass is 35.5. The number of hydrogen-bond donors (Lipinski definition) is 2. The van der Waals surface area contributed by atoms with Crippen molar-refractivity contribution in [3.05, 3.63) is 116 Å². The third-order valence-electron chi connectivity index (χ3n) is 11.8. The number of nitrogens with one attached hydrogen (secondary N) is 1. The van der Waals surface area contributed by atoms with Gasteiger partial charge in [-0.1, -0.05) is 64.7 Å². The van der Waals surface area contributed by atoms with Crippen molar-refractivity contribution in [3.63, 3.8) is 0 Å². The van der Waals surface area contributed by atoms with E-state index >= 15 is 9.59 Å². The number of ether oxygens (including phenoxy) is 2. The van der Waals surface area contributed by atoms with Crippen LogP contribution in [0.2, 0.25) is 15.1 Å². The van der Waals surface area contributed by atoms with Gasteiger partial charge in [0.1, 0.15) is 17.2 Å². The van der Waals surface area contributed by atoms with Crippen molar-refractivity contribution in [1.82, 2.24) is 9.99 Å². The number of rotatable bonds is 7. The van der Waals surface area contributed by atoms with E-state index in [9.17, 15) is 27.9 Å². The van der Waals surface area contributed by atoms with Gasteiger partial charge in [-0.15, -0.1) is 0 Å². The number of aryl methyl sites for hydroxylation is 1. The topological polar surface area (TPSA) is 138 Å². The third-order valence-corrected chi connectivity index (χ3v) is 12.7. The first kappa shape index (κ1) is 39.5. The number of carbonyl (C=O) groups excluding carboxylic acids is 4. The van der Waals surface area contributed by atoms with Gasteiger partial charge in [0.25, 0.3) is 11.8 Å². The molecule has 2 saturated heterocycles. The molecule has 4 aromatic rings. The summed E-state index contributed by atoms with van der Waals surface area (Å²) in [4.78, 5) is 64.3. The largest absolute Gasteiger partial charge is 0.508 e. The number of halogens is 6. The van der Waals surface area contributed by atoms with Gasteiger partial charge in [-0.2, -0.15) is 18.2 Å². The molecular weight excluding hydrogens is 824 g/mol. The Morgan fingerprint density at radius 2 is 1.55 bits per heavy atom. The lowest BCUT2D eigenvalue weighted by Gasteiger charge is -2.51. The molecule has 0 spiro atoms. The third kappa shape index (κ3) is 5.90. The Bertz CT molecular complexity index is 2440.